The van der Waals surface area contributed by atoms with Gasteiger partial charge in [0.05, 0.1) is 31.2 Å². The molecule has 0 spiro atoms. The highest BCUT2D eigenvalue weighted by atomic mass is 35.5. The molecule has 0 aliphatic carbocycles. The lowest BCUT2D eigenvalue weighted by Gasteiger charge is -2.20. The number of ether oxygens (including phenoxy) is 1. The predicted octanol–water partition coefficient (Wildman–Crippen LogP) is 5.12. The van der Waals surface area contributed by atoms with Crippen molar-refractivity contribution in [2.24, 2.45) is 0 Å². The molecule has 1 aliphatic rings. The number of nitrogens with zero attached hydrogens (tertiary/aromatic N) is 1. The molecule has 7 nitrogen and oxygen atoms in total. The van der Waals surface area contributed by atoms with Gasteiger partial charge in [-0.25, -0.2) is 4.79 Å². The molecular formula is C19H11Cl5N2O5. The van der Waals surface area contributed by atoms with Gasteiger partial charge in [0, 0.05) is 10.7 Å². The number of carbonyl (C=O) groups is 4. The van der Waals surface area contributed by atoms with Crippen LogP contribution in [-0.4, -0.2) is 41.2 Å². The summed E-state index contributed by atoms with van der Waals surface area (Å²) >= 11 is 29.8. The van der Waals surface area contributed by atoms with Gasteiger partial charge in [0.1, 0.15) is 6.04 Å². The van der Waals surface area contributed by atoms with Crippen molar-refractivity contribution in [3.05, 3.63) is 60.5 Å². The Bertz CT molecular complexity index is 1070. The smallest absolute Gasteiger partial charge is 0.329 e. The maximum Gasteiger partial charge on any atom is 0.329 e. The molecule has 3 rings (SSSR count). The standard InChI is InChI=1S/C19H11Cl5N2O5/c1-7(19(30)31-6-10(27)25-9-4-2-8(20)3-5-9)26-17(28)11-12(18(26)29)14(22)16(24)15(23)13(11)21/h2-5,7H,6H2,1H3,(H,25,27)/t7-/m0/s1. The number of imide groups is 1. The molecule has 1 aliphatic heterocycles. The van der Waals surface area contributed by atoms with E-state index in [0.29, 0.717) is 15.6 Å². The Morgan fingerprint density at radius 2 is 1.39 bits per heavy atom. The maximum absolute atomic E-state index is 12.8. The summed E-state index contributed by atoms with van der Waals surface area (Å²) in [7, 11) is 0. The summed E-state index contributed by atoms with van der Waals surface area (Å²) in [6, 6.07) is 4.89. The third-order valence-electron chi connectivity index (χ3n) is 4.33. The van der Waals surface area contributed by atoms with Crippen LogP contribution in [0.5, 0.6) is 0 Å². The van der Waals surface area contributed by atoms with Gasteiger partial charge in [-0.1, -0.05) is 58.0 Å². The van der Waals surface area contributed by atoms with Crippen LogP contribution in [0.1, 0.15) is 27.6 Å². The van der Waals surface area contributed by atoms with Crippen molar-refractivity contribution in [1.82, 2.24) is 4.90 Å². The summed E-state index contributed by atoms with van der Waals surface area (Å²) in [6.07, 6.45) is 0. The zero-order chi connectivity index (χ0) is 23.0. The number of halogens is 5. The van der Waals surface area contributed by atoms with E-state index in [9.17, 15) is 19.2 Å². The second kappa shape index (κ2) is 9.22. The zero-order valence-electron chi connectivity index (χ0n) is 15.5. The summed E-state index contributed by atoms with van der Waals surface area (Å²) in [5.41, 5.74) is -0.0747. The highest BCUT2D eigenvalue weighted by Crippen LogP contribution is 2.45. The molecule has 2 aromatic rings. The Hall–Kier alpha value is -2.03. The molecule has 0 saturated heterocycles. The Morgan fingerprint density at radius 3 is 1.87 bits per heavy atom. The lowest BCUT2D eigenvalue weighted by Crippen LogP contribution is -2.44. The topological polar surface area (TPSA) is 92.8 Å². The van der Waals surface area contributed by atoms with Crippen LogP contribution in [0.3, 0.4) is 0 Å². The van der Waals surface area contributed by atoms with Crippen molar-refractivity contribution in [2.45, 2.75) is 13.0 Å². The highest BCUT2D eigenvalue weighted by molar-refractivity contribution is 6.55. The van der Waals surface area contributed by atoms with Crippen molar-refractivity contribution in [3.8, 4) is 0 Å². The minimum absolute atomic E-state index is 0.191. The molecular weight excluding hydrogens is 513 g/mol. The minimum Gasteiger partial charge on any atom is -0.454 e. The number of esters is 1. The first-order valence-corrected chi connectivity index (χ1v) is 10.4. The van der Waals surface area contributed by atoms with E-state index in [2.05, 4.69) is 5.32 Å². The molecule has 2 aromatic carbocycles. The third kappa shape index (κ3) is 4.47. The van der Waals surface area contributed by atoms with Crippen LogP contribution in [0.25, 0.3) is 0 Å². The largest absolute Gasteiger partial charge is 0.454 e. The van der Waals surface area contributed by atoms with E-state index in [1.165, 1.54) is 6.92 Å². The van der Waals surface area contributed by atoms with Crippen molar-refractivity contribution in [2.75, 3.05) is 11.9 Å². The van der Waals surface area contributed by atoms with Gasteiger partial charge in [-0.05, 0) is 31.2 Å². The molecule has 31 heavy (non-hydrogen) atoms. The third-order valence-corrected chi connectivity index (χ3v) is 6.39. The molecule has 0 bridgehead atoms. The van der Waals surface area contributed by atoms with E-state index < -0.39 is 36.3 Å². The number of rotatable bonds is 5. The van der Waals surface area contributed by atoms with Gasteiger partial charge in [-0.3, -0.25) is 19.3 Å². The Balaban J connectivity index is 1.71. The average Bonchev–Trinajstić information content (AvgIpc) is 3.00. The first-order valence-electron chi connectivity index (χ1n) is 8.50. The van der Waals surface area contributed by atoms with Crippen molar-refractivity contribution in [1.29, 1.82) is 0 Å². The van der Waals surface area contributed by atoms with Crippen LogP contribution in [-0.2, 0) is 14.3 Å². The fourth-order valence-corrected chi connectivity index (χ4v) is 3.95. The van der Waals surface area contributed by atoms with E-state index >= 15 is 0 Å². The number of hydrogen-bond donors (Lipinski definition) is 1. The van der Waals surface area contributed by atoms with Crippen molar-refractivity contribution in [3.63, 3.8) is 0 Å². The van der Waals surface area contributed by atoms with Crippen LogP contribution in [0.2, 0.25) is 25.1 Å². The van der Waals surface area contributed by atoms with Gasteiger partial charge in [0.25, 0.3) is 17.7 Å². The fourth-order valence-electron chi connectivity index (χ4n) is 2.81. The SMILES string of the molecule is C[C@@H](C(=O)OCC(=O)Nc1ccc(Cl)cc1)N1C(=O)c2c(Cl)c(Cl)c(Cl)c(Cl)c2C1=O. The van der Waals surface area contributed by atoms with Gasteiger partial charge in [0.2, 0.25) is 0 Å². The number of benzene rings is 2. The first-order chi connectivity index (χ1) is 14.5. The summed E-state index contributed by atoms with van der Waals surface area (Å²) in [6.45, 7) is 0.611. The quantitative estimate of drug-likeness (QED) is 0.254. The monoisotopic (exact) mass is 522 g/mol. The zero-order valence-corrected chi connectivity index (χ0v) is 19.3. The van der Waals surface area contributed by atoms with E-state index in [1.807, 2.05) is 0 Å². The highest BCUT2D eigenvalue weighted by Gasteiger charge is 2.45. The first kappa shape index (κ1) is 23.6. The van der Waals surface area contributed by atoms with Crippen LogP contribution < -0.4 is 5.32 Å². The maximum atomic E-state index is 12.8. The van der Waals surface area contributed by atoms with Crippen molar-refractivity contribution < 1.29 is 23.9 Å². The summed E-state index contributed by atoms with van der Waals surface area (Å²) < 4.78 is 4.94. The Kier molecular flexibility index (Phi) is 7.03. The van der Waals surface area contributed by atoms with Gasteiger partial charge >= 0.3 is 5.97 Å². The Labute approximate surface area is 201 Å². The van der Waals surface area contributed by atoms with Crippen LogP contribution in [0.4, 0.5) is 5.69 Å². The average molecular weight is 525 g/mol. The normalized spacial score (nSPS) is 13.8. The molecule has 12 heteroatoms. The van der Waals surface area contributed by atoms with Crippen LogP contribution in [0.15, 0.2) is 24.3 Å². The van der Waals surface area contributed by atoms with E-state index in [4.69, 9.17) is 62.7 Å². The molecule has 0 radical (unpaired) electrons. The van der Waals surface area contributed by atoms with Crippen molar-refractivity contribution >= 4 is 87.4 Å². The van der Waals surface area contributed by atoms with E-state index in [-0.39, 0.29) is 31.2 Å². The number of nitrogens with one attached hydrogen (secondary N) is 1. The van der Waals surface area contributed by atoms with Crippen LogP contribution >= 0.6 is 58.0 Å². The molecule has 162 valence electrons. The lowest BCUT2D eigenvalue weighted by atomic mass is 10.1. The number of anilines is 1. The number of hydrogen-bond acceptors (Lipinski definition) is 5. The van der Waals surface area contributed by atoms with Gasteiger partial charge in [-0.2, -0.15) is 0 Å². The van der Waals surface area contributed by atoms with Gasteiger partial charge < -0.3 is 10.1 Å². The minimum atomic E-state index is -1.37. The number of amides is 3. The second-order valence-electron chi connectivity index (χ2n) is 6.32. The van der Waals surface area contributed by atoms with Crippen LogP contribution in [0, 0.1) is 0 Å². The van der Waals surface area contributed by atoms with Gasteiger partial charge in [0.15, 0.2) is 6.61 Å². The molecule has 0 fully saturated rings. The fraction of sp³-hybridized carbons (Fsp3) is 0.158. The summed E-state index contributed by atoms with van der Waals surface area (Å²) in [5.74, 6) is -3.40. The Morgan fingerprint density at radius 1 is 0.903 bits per heavy atom. The molecule has 0 unspecified atom stereocenters. The van der Waals surface area contributed by atoms with E-state index in [0.717, 1.165) is 0 Å². The lowest BCUT2D eigenvalue weighted by molar-refractivity contribution is -0.150. The molecule has 0 saturated carbocycles. The number of carbonyl (C=O) groups excluding carboxylic acids is 4. The number of fused-ring (bicyclic) bond motifs is 1. The molecule has 1 atom stereocenters. The molecule has 0 aromatic heterocycles. The van der Waals surface area contributed by atoms with E-state index in [1.54, 1.807) is 24.3 Å². The summed E-state index contributed by atoms with van der Waals surface area (Å²) in [5, 5.41) is 2.10. The predicted molar refractivity (Wildman–Crippen MR) is 117 cm³/mol. The molecule has 1 N–H and O–H groups in total. The molecule has 1 heterocycles. The summed E-state index contributed by atoms with van der Waals surface area (Å²) in [4.78, 5) is 50.5. The molecule has 3 amide bonds. The second-order valence-corrected chi connectivity index (χ2v) is 8.27. The van der Waals surface area contributed by atoms with Gasteiger partial charge in [-0.15, -0.1) is 0 Å².